The average Bonchev–Trinajstić information content (AvgIpc) is 3.30. The van der Waals surface area contributed by atoms with Crippen LogP contribution in [0.15, 0.2) is 48.6 Å². The topological polar surface area (TPSA) is 61.8 Å². The molecule has 0 aliphatic carbocycles. The van der Waals surface area contributed by atoms with Crippen molar-refractivity contribution in [1.82, 2.24) is 0 Å². The summed E-state index contributed by atoms with van der Waals surface area (Å²) in [5, 5.41) is 0. The standard InChI is InChI=1S/C59H108O5/c1-4-7-10-13-16-19-22-25-28-29-30-33-36-39-42-45-48-51-54-62-55-57(64-59(61)53-50-47-44-41-38-35-32-27-24-21-18-15-12-9-6-3)56-63-58(60)52-49-46-43-40-37-34-31-26-23-20-17-14-11-8-5-2/h7,10,16,19,25-26,28,31,57H,4-6,8-9,11-15,17-18,20-24,27,29-30,32-56H2,1-3H3/b10-7-,19-16-,28-25-,31-26-. The van der Waals surface area contributed by atoms with Gasteiger partial charge in [0.05, 0.1) is 6.61 Å². The molecule has 0 aliphatic rings. The molecule has 0 saturated carbocycles. The number of carbonyl (C=O) groups is 2. The van der Waals surface area contributed by atoms with E-state index in [2.05, 4.69) is 69.4 Å². The molecule has 0 spiro atoms. The second-order valence-corrected chi connectivity index (χ2v) is 18.8. The van der Waals surface area contributed by atoms with E-state index in [4.69, 9.17) is 14.2 Å². The number of ether oxygens (including phenoxy) is 3. The summed E-state index contributed by atoms with van der Waals surface area (Å²) in [5.41, 5.74) is 0. The highest BCUT2D eigenvalue weighted by Gasteiger charge is 2.17. The normalized spacial score (nSPS) is 12.5. The summed E-state index contributed by atoms with van der Waals surface area (Å²) in [4.78, 5) is 25.5. The van der Waals surface area contributed by atoms with E-state index in [1.54, 1.807) is 0 Å². The van der Waals surface area contributed by atoms with Crippen LogP contribution in [0.2, 0.25) is 0 Å². The number of allylic oxidation sites excluding steroid dienone is 8. The second-order valence-electron chi connectivity index (χ2n) is 18.8. The lowest BCUT2D eigenvalue weighted by Crippen LogP contribution is -2.30. The Morgan fingerprint density at radius 1 is 0.359 bits per heavy atom. The van der Waals surface area contributed by atoms with Crippen molar-refractivity contribution in [2.45, 2.75) is 297 Å². The van der Waals surface area contributed by atoms with Crippen molar-refractivity contribution in [2.24, 2.45) is 0 Å². The molecule has 0 heterocycles. The van der Waals surface area contributed by atoms with Gasteiger partial charge < -0.3 is 14.2 Å². The fourth-order valence-electron chi connectivity index (χ4n) is 8.17. The lowest BCUT2D eigenvalue weighted by atomic mass is 10.0. The van der Waals surface area contributed by atoms with Crippen LogP contribution in [0.3, 0.4) is 0 Å². The van der Waals surface area contributed by atoms with Crippen LogP contribution in [0.1, 0.15) is 290 Å². The number of rotatable bonds is 52. The zero-order valence-corrected chi connectivity index (χ0v) is 43.1. The van der Waals surface area contributed by atoms with Crippen LogP contribution in [0, 0.1) is 0 Å². The number of hydrogen-bond acceptors (Lipinski definition) is 5. The van der Waals surface area contributed by atoms with Gasteiger partial charge in [0.1, 0.15) is 6.61 Å². The van der Waals surface area contributed by atoms with E-state index in [9.17, 15) is 9.59 Å². The molecule has 5 heteroatoms. The summed E-state index contributed by atoms with van der Waals surface area (Å²) < 4.78 is 17.5. The Balaban J connectivity index is 4.26. The monoisotopic (exact) mass is 897 g/mol. The molecule has 1 unspecified atom stereocenters. The van der Waals surface area contributed by atoms with E-state index < -0.39 is 6.10 Å². The van der Waals surface area contributed by atoms with Gasteiger partial charge in [-0.05, 0) is 77.0 Å². The van der Waals surface area contributed by atoms with Crippen LogP contribution >= 0.6 is 0 Å². The fraction of sp³-hybridized carbons (Fsp3) is 0.831. The SMILES string of the molecule is CC/C=C\C/C=C\C/C=C\CCCCCCCCCCOCC(COC(=O)CCCCCCC/C=C\CCCCCCCC)OC(=O)CCCCCCCCCCCCCCCCC. The van der Waals surface area contributed by atoms with Gasteiger partial charge in [-0.3, -0.25) is 9.59 Å². The molecule has 0 aromatic heterocycles. The highest BCUT2D eigenvalue weighted by Crippen LogP contribution is 2.16. The fourth-order valence-corrected chi connectivity index (χ4v) is 8.17. The predicted octanol–water partition coefficient (Wildman–Crippen LogP) is 19.1. The first-order valence-electron chi connectivity index (χ1n) is 28.2. The van der Waals surface area contributed by atoms with Crippen LogP contribution in [0.4, 0.5) is 0 Å². The van der Waals surface area contributed by atoms with E-state index >= 15 is 0 Å². The Hall–Kier alpha value is -2.14. The van der Waals surface area contributed by atoms with Crippen molar-refractivity contribution in [3.63, 3.8) is 0 Å². The van der Waals surface area contributed by atoms with Gasteiger partial charge in [-0.1, -0.05) is 249 Å². The van der Waals surface area contributed by atoms with Crippen molar-refractivity contribution in [1.29, 1.82) is 0 Å². The number of unbranched alkanes of at least 4 members (excludes halogenated alkanes) is 33. The van der Waals surface area contributed by atoms with E-state index in [-0.39, 0.29) is 25.2 Å². The highest BCUT2D eigenvalue weighted by atomic mass is 16.6. The molecule has 0 amide bonds. The number of carbonyl (C=O) groups excluding carboxylic acids is 2. The lowest BCUT2D eigenvalue weighted by Gasteiger charge is -2.18. The number of esters is 2. The summed E-state index contributed by atoms with van der Waals surface area (Å²) in [6, 6.07) is 0. The Labute approximate surface area is 399 Å². The molecule has 0 aromatic carbocycles. The minimum Gasteiger partial charge on any atom is -0.462 e. The molecule has 0 saturated heterocycles. The molecule has 0 fully saturated rings. The molecular weight excluding hydrogens is 789 g/mol. The van der Waals surface area contributed by atoms with E-state index in [0.29, 0.717) is 19.4 Å². The first-order chi connectivity index (χ1) is 31.6. The van der Waals surface area contributed by atoms with Gasteiger partial charge in [0, 0.05) is 19.4 Å². The minimum atomic E-state index is -0.541. The summed E-state index contributed by atoms with van der Waals surface area (Å²) in [7, 11) is 0. The molecule has 0 N–H and O–H groups in total. The first kappa shape index (κ1) is 61.9. The Morgan fingerprint density at radius 2 is 0.703 bits per heavy atom. The summed E-state index contributed by atoms with van der Waals surface area (Å²) in [6.45, 7) is 7.74. The van der Waals surface area contributed by atoms with Crippen LogP contribution < -0.4 is 0 Å². The molecule has 5 nitrogen and oxygen atoms in total. The first-order valence-corrected chi connectivity index (χ1v) is 28.2. The molecule has 64 heavy (non-hydrogen) atoms. The van der Waals surface area contributed by atoms with Gasteiger partial charge in [-0.2, -0.15) is 0 Å². The Kier molecular flexibility index (Phi) is 53.3. The van der Waals surface area contributed by atoms with Gasteiger partial charge in [0.2, 0.25) is 0 Å². The molecule has 0 bridgehead atoms. The van der Waals surface area contributed by atoms with Crippen molar-refractivity contribution in [3.05, 3.63) is 48.6 Å². The predicted molar refractivity (Wildman–Crippen MR) is 279 cm³/mol. The molecule has 1 atom stereocenters. The molecule has 374 valence electrons. The van der Waals surface area contributed by atoms with Crippen molar-refractivity contribution >= 4 is 11.9 Å². The van der Waals surface area contributed by atoms with E-state index in [1.807, 2.05) is 0 Å². The van der Waals surface area contributed by atoms with Crippen LogP contribution in [-0.2, 0) is 23.8 Å². The van der Waals surface area contributed by atoms with E-state index in [1.165, 1.54) is 186 Å². The van der Waals surface area contributed by atoms with E-state index in [0.717, 1.165) is 70.6 Å². The Bertz CT molecular complexity index is 1060. The van der Waals surface area contributed by atoms with Gasteiger partial charge in [0.15, 0.2) is 6.10 Å². The zero-order chi connectivity index (χ0) is 46.3. The maximum absolute atomic E-state index is 12.8. The molecule has 0 radical (unpaired) electrons. The summed E-state index contributed by atoms with van der Waals surface area (Å²) >= 11 is 0. The van der Waals surface area contributed by atoms with Gasteiger partial charge >= 0.3 is 11.9 Å². The van der Waals surface area contributed by atoms with Crippen LogP contribution in [0.25, 0.3) is 0 Å². The van der Waals surface area contributed by atoms with Gasteiger partial charge in [0.25, 0.3) is 0 Å². The van der Waals surface area contributed by atoms with Gasteiger partial charge in [-0.25, -0.2) is 0 Å². The molecule has 0 rings (SSSR count). The second kappa shape index (κ2) is 55.2. The minimum absolute atomic E-state index is 0.0816. The third-order valence-electron chi connectivity index (χ3n) is 12.3. The van der Waals surface area contributed by atoms with Crippen LogP contribution in [0.5, 0.6) is 0 Å². The number of hydrogen-bond donors (Lipinski definition) is 0. The quantitative estimate of drug-likeness (QED) is 0.0346. The third kappa shape index (κ3) is 52.5. The molecular formula is C59H108O5. The average molecular weight is 898 g/mol. The summed E-state index contributed by atoms with van der Waals surface area (Å²) in [5.74, 6) is -0.396. The van der Waals surface area contributed by atoms with Crippen molar-refractivity contribution in [2.75, 3.05) is 19.8 Å². The van der Waals surface area contributed by atoms with Crippen molar-refractivity contribution in [3.8, 4) is 0 Å². The largest absolute Gasteiger partial charge is 0.462 e. The smallest absolute Gasteiger partial charge is 0.306 e. The zero-order valence-electron chi connectivity index (χ0n) is 43.1. The van der Waals surface area contributed by atoms with Crippen molar-refractivity contribution < 1.29 is 23.8 Å². The van der Waals surface area contributed by atoms with Crippen LogP contribution in [-0.4, -0.2) is 37.9 Å². The maximum atomic E-state index is 12.8. The summed E-state index contributed by atoms with van der Waals surface area (Å²) in [6.07, 6.45) is 68.4. The van der Waals surface area contributed by atoms with Gasteiger partial charge in [-0.15, -0.1) is 0 Å². The highest BCUT2D eigenvalue weighted by molar-refractivity contribution is 5.70. The molecule has 0 aromatic rings. The Morgan fingerprint density at radius 3 is 1.14 bits per heavy atom. The maximum Gasteiger partial charge on any atom is 0.306 e. The molecule has 0 aliphatic heterocycles. The third-order valence-corrected chi connectivity index (χ3v) is 12.3. The lowest BCUT2D eigenvalue weighted by molar-refractivity contribution is -0.163.